The van der Waals surface area contributed by atoms with Crippen LogP contribution in [-0.2, 0) is 11.3 Å². The van der Waals surface area contributed by atoms with Crippen molar-refractivity contribution in [2.45, 2.75) is 32.4 Å². The molecule has 0 spiro atoms. The molecule has 0 aromatic heterocycles. The van der Waals surface area contributed by atoms with Crippen LogP contribution in [0, 0.1) is 0 Å². The summed E-state index contributed by atoms with van der Waals surface area (Å²) in [5, 5.41) is 9.60. The highest BCUT2D eigenvalue weighted by molar-refractivity contribution is 5.94. The lowest BCUT2D eigenvalue weighted by Gasteiger charge is -2.33. The number of hydrogen-bond acceptors (Lipinski definition) is 3. The first-order chi connectivity index (χ1) is 14.2. The monoisotopic (exact) mass is 393 g/mol. The lowest BCUT2D eigenvalue weighted by atomic mass is 10.0. The first-order valence-corrected chi connectivity index (χ1v) is 10.4. The summed E-state index contributed by atoms with van der Waals surface area (Å²) in [4.78, 5) is 19.1. The van der Waals surface area contributed by atoms with Gasteiger partial charge in [0.2, 0.25) is 5.91 Å². The highest BCUT2D eigenvalue weighted by Crippen LogP contribution is 2.13. The fourth-order valence-corrected chi connectivity index (χ4v) is 3.46. The second-order valence-corrected chi connectivity index (χ2v) is 7.29. The van der Waals surface area contributed by atoms with Crippen LogP contribution < -0.4 is 16.0 Å². The van der Waals surface area contributed by atoms with E-state index in [1.165, 1.54) is 5.56 Å². The third kappa shape index (κ3) is 7.23. The molecule has 2 aromatic carbocycles. The minimum Gasteiger partial charge on any atom is -0.357 e. The van der Waals surface area contributed by atoms with Crippen molar-refractivity contribution in [2.75, 3.05) is 31.5 Å². The Morgan fingerprint density at radius 1 is 1.03 bits per heavy atom. The van der Waals surface area contributed by atoms with E-state index in [1.54, 1.807) is 0 Å². The lowest BCUT2D eigenvalue weighted by molar-refractivity contribution is -0.114. The van der Waals surface area contributed by atoms with Gasteiger partial charge in [0.1, 0.15) is 6.54 Å². The van der Waals surface area contributed by atoms with E-state index in [2.05, 4.69) is 56.2 Å². The Morgan fingerprint density at radius 2 is 1.69 bits per heavy atom. The number of benzene rings is 2. The van der Waals surface area contributed by atoms with Gasteiger partial charge in [-0.25, -0.2) is 4.99 Å². The average molecular weight is 394 g/mol. The quantitative estimate of drug-likeness (QED) is 0.500. The largest absolute Gasteiger partial charge is 0.357 e. The molecule has 1 amide bonds. The van der Waals surface area contributed by atoms with Gasteiger partial charge in [-0.1, -0.05) is 48.5 Å². The highest BCUT2D eigenvalue weighted by atomic mass is 16.1. The highest BCUT2D eigenvalue weighted by Gasteiger charge is 2.20. The molecule has 0 unspecified atom stereocenters. The van der Waals surface area contributed by atoms with E-state index in [0.29, 0.717) is 12.0 Å². The number of rotatable bonds is 7. The number of carbonyl (C=O) groups is 1. The predicted molar refractivity (Wildman–Crippen MR) is 119 cm³/mol. The molecular formula is C23H31N5O. The number of guanidine groups is 1. The van der Waals surface area contributed by atoms with Gasteiger partial charge in [0.15, 0.2) is 5.96 Å². The molecule has 154 valence electrons. The van der Waals surface area contributed by atoms with E-state index in [0.717, 1.165) is 44.7 Å². The molecule has 6 nitrogen and oxygen atoms in total. The van der Waals surface area contributed by atoms with E-state index in [9.17, 15) is 4.79 Å². The molecule has 0 atom stereocenters. The Bertz CT molecular complexity index is 770. The first-order valence-electron chi connectivity index (χ1n) is 10.4. The van der Waals surface area contributed by atoms with Gasteiger partial charge in [-0.15, -0.1) is 0 Å². The van der Waals surface area contributed by atoms with Crippen molar-refractivity contribution in [3.63, 3.8) is 0 Å². The van der Waals surface area contributed by atoms with Crippen LogP contribution in [0.15, 0.2) is 65.7 Å². The van der Waals surface area contributed by atoms with Gasteiger partial charge < -0.3 is 16.0 Å². The molecule has 0 bridgehead atoms. The molecule has 1 fully saturated rings. The van der Waals surface area contributed by atoms with Crippen LogP contribution in [0.25, 0.3) is 0 Å². The number of para-hydroxylation sites is 1. The van der Waals surface area contributed by atoms with E-state index in [1.807, 2.05) is 37.3 Å². The number of anilines is 1. The van der Waals surface area contributed by atoms with Crippen molar-refractivity contribution < 1.29 is 4.79 Å². The second-order valence-electron chi connectivity index (χ2n) is 7.29. The Morgan fingerprint density at radius 3 is 2.34 bits per heavy atom. The standard InChI is InChI=1S/C23H31N5O/c1-2-24-23(25-17-22(29)26-20-11-7-4-8-12-20)27-21-13-15-28(16-14-21)18-19-9-5-3-6-10-19/h3-12,21H,2,13-18H2,1H3,(H,26,29)(H2,24,25,27). The molecule has 0 aliphatic carbocycles. The van der Waals surface area contributed by atoms with Crippen LogP contribution in [-0.4, -0.2) is 49.0 Å². The van der Waals surface area contributed by atoms with E-state index in [4.69, 9.17) is 0 Å². The summed E-state index contributed by atoms with van der Waals surface area (Å²) in [5.74, 6) is 0.586. The Kier molecular flexibility index (Phi) is 8.07. The molecule has 1 saturated heterocycles. The lowest BCUT2D eigenvalue weighted by Crippen LogP contribution is -2.48. The number of aliphatic imine (C=N–C) groups is 1. The zero-order valence-electron chi connectivity index (χ0n) is 17.1. The summed E-state index contributed by atoms with van der Waals surface area (Å²) in [6.45, 7) is 6.00. The van der Waals surface area contributed by atoms with Crippen molar-refractivity contribution in [3.05, 3.63) is 66.2 Å². The molecule has 29 heavy (non-hydrogen) atoms. The maximum absolute atomic E-state index is 12.1. The number of hydrogen-bond donors (Lipinski definition) is 3. The van der Waals surface area contributed by atoms with Gasteiger partial charge in [0.25, 0.3) is 0 Å². The Hall–Kier alpha value is -2.86. The summed E-state index contributed by atoms with van der Waals surface area (Å²) in [6, 6.07) is 20.4. The van der Waals surface area contributed by atoms with Crippen molar-refractivity contribution >= 4 is 17.6 Å². The van der Waals surface area contributed by atoms with E-state index in [-0.39, 0.29) is 12.5 Å². The summed E-state index contributed by atoms with van der Waals surface area (Å²) in [7, 11) is 0. The average Bonchev–Trinajstić information content (AvgIpc) is 2.75. The van der Waals surface area contributed by atoms with Crippen LogP contribution in [0.1, 0.15) is 25.3 Å². The SMILES string of the molecule is CCNC(=NCC(=O)Nc1ccccc1)NC1CCN(Cc2ccccc2)CC1. The second kappa shape index (κ2) is 11.2. The van der Waals surface area contributed by atoms with Crippen LogP contribution in [0.5, 0.6) is 0 Å². The third-order valence-corrected chi connectivity index (χ3v) is 4.96. The molecule has 3 N–H and O–H groups in total. The van der Waals surface area contributed by atoms with Crippen LogP contribution in [0.4, 0.5) is 5.69 Å². The fraction of sp³-hybridized carbons (Fsp3) is 0.391. The molecule has 1 heterocycles. The minimum atomic E-state index is -0.119. The molecule has 1 aliphatic heterocycles. The van der Waals surface area contributed by atoms with Gasteiger partial charge in [0, 0.05) is 37.9 Å². The van der Waals surface area contributed by atoms with Gasteiger partial charge in [0.05, 0.1) is 0 Å². The number of nitrogens with zero attached hydrogens (tertiary/aromatic N) is 2. The molecule has 6 heteroatoms. The molecular weight excluding hydrogens is 362 g/mol. The van der Waals surface area contributed by atoms with Gasteiger partial charge in [-0.3, -0.25) is 9.69 Å². The van der Waals surface area contributed by atoms with Crippen LogP contribution >= 0.6 is 0 Å². The summed E-state index contributed by atoms with van der Waals surface area (Å²) >= 11 is 0. The Balaban J connectivity index is 1.45. The minimum absolute atomic E-state index is 0.0943. The molecule has 1 aliphatic rings. The number of amides is 1. The fourth-order valence-electron chi connectivity index (χ4n) is 3.46. The number of likely N-dealkylation sites (tertiary alicyclic amines) is 1. The zero-order chi connectivity index (χ0) is 20.3. The normalized spacial score (nSPS) is 15.7. The molecule has 3 rings (SSSR count). The van der Waals surface area contributed by atoms with Crippen molar-refractivity contribution in [1.82, 2.24) is 15.5 Å². The van der Waals surface area contributed by atoms with Gasteiger partial charge in [-0.2, -0.15) is 0 Å². The first kappa shape index (κ1) is 20.9. The van der Waals surface area contributed by atoms with E-state index >= 15 is 0 Å². The number of piperidine rings is 1. The van der Waals surface area contributed by atoms with Crippen molar-refractivity contribution in [1.29, 1.82) is 0 Å². The summed E-state index contributed by atoms with van der Waals surface area (Å²) < 4.78 is 0. The molecule has 0 saturated carbocycles. The molecule has 0 radical (unpaired) electrons. The van der Waals surface area contributed by atoms with Crippen molar-refractivity contribution in [2.24, 2.45) is 4.99 Å². The summed E-state index contributed by atoms with van der Waals surface area (Å²) in [5.41, 5.74) is 2.15. The maximum atomic E-state index is 12.1. The number of carbonyl (C=O) groups excluding carboxylic acids is 1. The van der Waals surface area contributed by atoms with Crippen LogP contribution in [0.2, 0.25) is 0 Å². The van der Waals surface area contributed by atoms with Crippen molar-refractivity contribution in [3.8, 4) is 0 Å². The third-order valence-electron chi connectivity index (χ3n) is 4.96. The maximum Gasteiger partial charge on any atom is 0.246 e. The number of nitrogens with one attached hydrogen (secondary N) is 3. The smallest absolute Gasteiger partial charge is 0.246 e. The zero-order valence-corrected chi connectivity index (χ0v) is 17.1. The molecule has 2 aromatic rings. The van der Waals surface area contributed by atoms with E-state index < -0.39 is 0 Å². The van der Waals surface area contributed by atoms with Gasteiger partial charge in [-0.05, 0) is 37.5 Å². The van der Waals surface area contributed by atoms with Gasteiger partial charge >= 0.3 is 0 Å². The predicted octanol–water partition coefficient (Wildman–Crippen LogP) is 2.84. The van der Waals surface area contributed by atoms with Crippen LogP contribution in [0.3, 0.4) is 0 Å². The summed E-state index contributed by atoms with van der Waals surface area (Å²) in [6.07, 6.45) is 2.13. The Labute approximate surface area is 173 Å². The topological polar surface area (TPSA) is 68.8 Å².